The summed E-state index contributed by atoms with van der Waals surface area (Å²) in [6, 6.07) is 0. The second kappa shape index (κ2) is 5.50. The van der Waals surface area contributed by atoms with Gasteiger partial charge in [-0.05, 0) is 52.2 Å². The van der Waals surface area contributed by atoms with E-state index in [4.69, 9.17) is 0 Å². The van der Waals surface area contributed by atoms with Crippen molar-refractivity contribution in [1.82, 2.24) is 10.2 Å². The highest BCUT2D eigenvalue weighted by molar-refractivity contribution is 4.93. The molecule has 2 aliphatic rings. The number of nitrogens with one attached hydrogen (secondary N) is 1. The molecule has 0 aromatic heterocycles. The first-order valence-electron chi connectivity index (χ1n) is 7.11. The summed E-state index contributed by atoms with van der Waals surface area (Å²) < 4.78 is 0. The smallest absolute Gasteiger partial charge is 0.0327 e. The molecule has 0 spiro atoms. The quantitative estimate of drug-likeness (QED) is 0.772. The van der Waals surface area contributed by atoms with Crippen LogP contribution in [0.4, 0.5) is 0 Å². The average molecular weight is 224 g/mol. The van der Waals surface area contributed by atoms with Gasteiger partial charge in [0.2, 0.25) is 0 Å². The van der Waals surface area contributed by atoms with E-state index in [9.17, 15) is 0 Å². The third kappa shape index (κ3) is 2.78. The molecular formula is C14H28N2. The SMILES string of the molecule is CN(C)C1(CNCC2CCC2)CCCCC1. The number of rotatable bonds is 5. The Kier molecular flexibility index (Phi) is 4.26. The van der Waals surface area contributed by atoms with Crippen molar-refractivity contribution in [2.45, 2.75) is 56.9 Å². The van der Waals surface area contributed by atoms with Crippen LogP contribution in [0.3, 0.4) is 0 Å². The second-order valence-electron chi connectivity index (χ2n) is 6.11. The molecule has 2 rings (SSSR count). The normalized spacial score (nSPS) is 25.7. The molecule has 2 nitrogen and oxygen atoms in total. The van der Waals surface area contributed by atoms with Crippen LogP contribution in [-0.4, -0.2) is 37.6 Å². The molecule has 0 aromatic rings. The van der Waals surface area contributed by atoms with Gasteiger partial charge in [-0.15, -0.1) is 0 Å². The monoisotopic (exact) mass is 224 g/mol. The summed E-state index contributed by atoms with van der Waals surface area (Å²) in [7, 11) is 4.52. The lowest BCUT2D eigenvalue weighted by molar-refractivity contribution is 0.0957. The molecule has 0 amide bonds. The molecule has 0 bridgehead atoms. The fourth-order valence-electron chi connectivity index (χ4n) is 3.20. The Bertz CT molecular complexity index is 203. The largest absolute Gasteiger partial charge is 0.315 e. The van der Waals surface area contributed by atoms with Crippen molar-refractivity contribution < 1.29 is 0 Å². The summed E-state index contributed by atoms with van der Waals surface area (Å²) >= 11 is 0. The molecule has 0 aliphatic heterocycles. The second-order valence-corrected chi connectivity index (χ2v) is 6.11. The molecule has 1 N–H and O–H groups in total. The summed E-state index contributed by atoms with van der Waals surface area (Å²) in [6.45, 7) is 2.46. The van der Waals surface area contributed by atoms with E-state index < -0.39 is 0 Å². The number of hydrogen-bond acceptors (Lipinski definition) is 2. The Balaban J connectivity index is 1.76. The van der Waals surface area contributed by atoms with Crippen LogP contribution in [0.1, 0.15) is 51.4 Å². The van der Waals surface area contributed by atoms with Crippen LogP contribution in [0.15, 0.2) is 0 Å². The van der Waals surface area contributed by atoms with E-state index >= 15 is 0 Å². The summed E-state index contributed by atoms with van der Waals surface area (Å²) in [5, 5.41) is 3.74. The van der Waals surface area contributed by atoms with E-state index in [1.807, 2.05) is 0 Å². The van der Waals surface area contributed by atoms with Gasteiger partial charge in [-0.3, -0.25) is 0 Å². The van der Waals surface area contributed by atoms with Gasteiger partial charge in [0.15, 0.2) is 0 Å². The zero-order valence-electron chi connectivity index (χ0n) is 11.1. The third-order valence-electron chi connectivity index (χ3n) is 4.84. The van der Waals surface area contributed by atoms with Crippen molar-refractivity contribution in [2.75, 3.05) is 27.2 Å². The minimum Gasteiger partial charge on any atom is -0.315 e. The Morgan fingerprint density at radius 3 is 2.25 bits per heavy atom. The summed E-state index contributed by atoms with van der Waals surface area (Å²) in [4.78, 5) is 2.47. The molecule has 0 atom stereocenters. The van der Waals surface area contributed by atoms with Crippen LogP contribution < -0.4 is 5.32 Å². The predicted molar refractivity (Wildman–Crippen MR) is 69.7 cm³/mol. The number of nitrogens with zero attached hydrogens (tertiary/aromatic N) is 1. The predicted octanol–water partition coefficient (Wildman–Crippen LogP) is 2.64. The lowest BCUT2D eigenvalue weighted by atomic mass is 9.80. The van der Waals surface area contributed by atoms with Crippen molar-refractivity contribution >= 4 is 0 Å². The molecule has 94 valence electrons. The Morgan fingerprint density at radius 2 is 1.75 bits per heavy atom. The molecular weight excluding hydrogens is 196 g/mol. The fourth-order valence-corrected chi connectivity index (χ4v) is 3.20. The molecule has 2 aliphatic carbocycles. The van der Waals surface area contributed by atoms with Gasteiger partial charge in [0.1, 0.15) is 0 Å². The maximum absolute atomic E-state index is 3.74. The molecule has 2 fully saturated rings. The molecule has 0 heterocycles. The maximum atomic E-state index is 3.74. The van der Waals surface area contributed by atoms with Gasteiger partial charge in [-0.25, -0.2) is 0 Å². The van der Waals surface area contributed by atoms with Gasteiger partial charge in [-0.2, -0.15) is 0 Å². The number of likely N-dealkylation sites (N-methyl/N-ethyl adjacent to an activating group) is 1. The Morgan fingerprint density at radius 1 is 1.06 bits per heavy atom. The summed E-state index contributed by atoms with van der Waals surface area (Å²) in [6.07, 6.45) is 11.4. The first kappa shape index (κ1) is 12.4. The Hall–Kier alpha value is -0.0800. The average Bonchev–Trinajstić information content (AvgIpc) is 2.23. The lowest BCUT2D eigenvalue weighted by Crippen LogP contribution is -2.53. The van der Waals surface area contributed by atoms with Crippen molar-refractivity contribution in [3.63, 3.8) is 0 Å². The highest BCUT2D eigenvalue weighted by Gasteiger charge is 2.33. The van der Waals surface area contributed by atoms with E-state index in [1.165, 1.54) is 64.5 Å². The third-order valence-corrected chi connectivity index (χ3v) is 4.84. The zero-order valence-corrected chi connectivity index (χ0v) is 11.1. The maximum Gasteiger partial charge on any atom is 0.0327 e. The molecule has 0 radical (unpaired) electrons. The van der Waals surface area contributed by atoms with Crippen LogP contribution in [0.5, 0.6) is 0 Å². The topological polar surface area (TPSA) is 15.3 Å². The zero-order chi connectivity index (χ0) is 11.4. The van der Waals surface area contributed by atoms with E-state index in [1.54, 1.807) is 0 Å². The lowest BCUT2D eigenvalue weighted by Gasteiger charge is -2.43. The van der Waals surface area contributed by atoms with Crippen LogP contribution in [-0.2, 0) is 0 Å². The molecule has 2 heteroatoms. The molecule has 2 saturated carbocycles. The van der Waals surface area contributed by atoms with E-state index in [0.29, 0.717) is 5.54 Å². The fraction of sp³-hybridized carbons (Fsp3) is 1.00. The van der Waals surface area contributed by atoms with Crippen LogP contribution >= 0.6 is 0 Å². The van der Waals surface area contributed by atoms with Crippen LogP contribution in [0, 0.1) is 5.92 Å². The standard InChI is InChI=1S/C14H28N2/c1-16(2)14(9-4-3-5-10-14)12-15-11-13-7-6-8-13/h13,15H,3-12H2,1-2H3. The molecule has 0 aromatic carbocycles. The van der Waals surface area contributed by atoms with Crippen molar-refractivity contribution in [3.05, 3.63) is 0 Å². The van der Waals surface area contributed by atoms with Crippen LogP contribution in [0.2, 0.25) is 0 Å². The Labute approximate surface area is 101 Å². The highest BCUT2D eigenvalue weighted by atomic mass is 15.2. The molecule has 0 saturated heterocycles. The van der Waals surface area contributed by atoms with E-state index in [-0.39, 0.29) is 0 Å². The van der Waals surface area contributed by atoms with Crippen molar-refractivity contribution in [2.24, 2.45) is 5.92 Å². The van der Waals surface area contributed by atoms with Crippen molar-refractivity contribution in [1.29, 1.82) is 0 Å². The van der Waals surface area contributed by atoms with Crippen molar-refractivity contribution in [3.8, 4) is 0 Å². The summed E-state index contributed by atoms with van der Waals surface area (Å²) in [5.41, 5.74) is 0.460. The van der Waals surface area contributed by atoms with Gasteiger partial charge in [-0.1, -0.05) is 25.7 Å². The van der Waals surface area contributed by atoms with E-state index in [2.05, 4.69) is 24.3 Å². The first-order valence-corrected chi connectivity index (χ1v) is 7.11. The minimum absolute atomic E-state index is 0.460. The number of hydrogen-bond donors (Lipinski definition) is 1. The van der Waals surface area contributed by atoms with Gasteiger partial charge in [0.25, 0.3) is 0 Å². The van der Waals surface area contributed by atoms with Gasteiger partial charge in [0.05, 0.1) is 0 Å². The summed E-state index contributed by atoms with van der Waals surface area (Å²) in [5.74, 6) is 0.989. The minimum atomic E-state index is 0.460. The van der Waals surface area contributed by atoms with Crippen LogP contribution in [0.25, 0.3) is 0 Å². The molecule has 0 unspecified atom stereocenters. The van der Waals surface area contributed by atoms with Gasteiger partial charge >= 0.3 is 0 Å². The molecule has 16 heavy (non-hydrogen) atoms. The van der Waals surface area contributed by atoms with Gasteiger partial charge in [0, 0.05) is 12.1 Å². The van der Waals surface area contributed by atoms with E-state index in [0.717, 1.165) is 5.92 Å². The highest BCUT2D eigenvalue weighted by Crippen LogP contribution is 2.32. The van der Waals surface area contributed by atoms with Gasteiger partial charge < -0.3 is 10.2 Å². The first-order chi connectivity index (χ1) is 7.73.